The number of aliphatic imine (C=N–C) groups is 1. The van der Waals surface area contributed by atoms with Crippen LogP contribution < -0.4 is 11.1 Å². The number of nitrogens with zero attached hydrogens (tertiary/aromatic N) is 3. The number of aryl methyl sites for hydroxylation is 1. The highest BCUT2D eigenvalue weighted by Gasteiger charge is 2.18. The van der Waals surface area contributed by atoms with Crippen LogP contribution in [-0.4, -0.2) is 19.4 Å². The molecule has 0 amide bonds. The Morgan fingerprint density at radius 2 is 1.70 bits per heavy atom. The van der Waals surface area contributed by atoms with Crippen molar-refractivity contribution in [2.24, 2.45) is 10.7 Å². The summed E-state index contributed by atoms with van der Waals surface area (Å²) >= 11 is 6.06. The number of rotatable bonds is 5. The third kappa shape index (κ3) is 5.80. The molecule has 0 unspecified atom stereocenters. The lowest BCUT2D eigenvalue weighted by molar-refractivity contribution is 0.596. The van der Waals surface area contributed by atoms with Gasteiger partial charge in [-0.15, -0.1) is 0 Å². The van der Waals surface area contributed by atoms with Crippen molar-refractivity contribution in [2.45, 2.75) is 23.3 Å². The molecule has 0 saturated heterocycles. The lowest BCUT2D eigenvalue weighted by atomic mass is 10.2. The van der Waals surface area contributed by atoms with Crippen LogP contribution in [0.4, 0.5) is 5.69 Å². The number of sulfone groups is 1. The van der Waals surface area contributed by atoms with Gasteiger partial charge in [0, 0.05) is 29.7 Å². The molecular weight excluding hydrogens is 422 g/mol. The molecule has 1 heterocycles. The van der Waals surface area contributed by atoms with Gasteiger partial charge in [-0.3, -0.25) is 4.98 Å². The molecule has 0 radical (unpaired) electrons. The molecule has 0 bridgehead atoms. The van der Waals surface area contributed by atoms with Gasteiger partial charge in [-0.2, -0.15) is 0 Å². The van der Waals surface area contributed by atoms with E-state index in [-0.39, 0.29) is 15.8 Å². The van der Waals surface area contributed by atoms with E-state index in [0.29, 0.717) is 11.6 Å². The van der Waals surface area contributed by atoms with Gasteiger partial charge in [0.15, 0.2) is 5.96 Å². The maximum atomic E-state index is 12.8. The molecule has 154 valence electrons. The fourth-order valence-corrected chi connectivity index (χ4v) is 3.98. The highest BCUT2D eigenvalue weighted by molar-refractivity contribution is 7.91. The van der Waals surface area contributed by atoms with Crippen LogP contribution in [0.5, 0.6) is 0 Å². The minimum Gasteiger partial charge on any atom is -0.370 e. The standard InChI is InChI=1S/C20H19ClN4O2S.CHN/c1-14-2-5-18(12-19(14)21)28(26,27)17-6-3-15(4-7-17)13-24-20(22)25-16-8-10-23-11-9-16;1-2/h2-12H,13H2,1H3,(H3,22,23,24,25);1H. The Labute approximate surface area is 180 Å². The molecule has 0 aliphatic carbocycles. The van der Waals surface area contributed by atoms with Gasteiger partial charge in [0.2, 0.25) is 9.84 Å². The number of aromatic nitrogens is 1. The third-order valence-corrected chi connectivity index (χ3v) is 6.25. The highest BCUT2D eigenvalue weighted by Crippen LogP contribution is 2.25. The van der Waals surface area contributed by atoms with E-state index < -0.39 is 9.84 Å². The van der Waals surface area contributed by atoms with Crippen molar-refractivity contribution in [2.75, 3.05) is 5.32 Å². The quantitative estimate of drug-likeness (QED) is 0.456. The number of hydrogen-bond donors (Lipinski definition) is 2. The number of anilines is 1. The number of nitrogens with two attached hydrogens (primary N) is 1. The lowest BCUT2D eigenvalue weighted by Gasteiger charge is -2.08. The van der Waals surface area contributed by atoms with E-state index in [2.05, 4.69) is 21.9 Å². The van der Waals surface area contributed by atoms with Gasteiger partial charge in [-0.1, -0.05) is 29.8 Å². The van der Waals surface area contributed by atoms with Gasteiger partial charge >= 0.3 is 0 Å². The lowest BCUT2D eigenvalue weighted by Crippen LogP contribution is -2.22. The number of hydrogen-bond acceptors (Lipinski definition) is 5. The second kappa shape index (κ2) is 10.4. The van der Waals surface area contributed by atoms with E-state index in [1.165, 1.54) is 6.07 Å². The molecule has 0 aliphatic rings. The number of nitrogens with one attached hydrogen (secondary N) is 1. The van der Waals surface area contributed by atoms with Crippen LogP contribution in [0, 0.1) is 18.8 Å². The summed E-state index contributed by atoms with van der Waals surface area (Å²) in [5.41, 5.74) is 8.31. The first-order valence-corrected chi connectivity index (χ1v) is 10.6. The Hall–Kier alpha value is -3.41. The minimum atomic E-state index is -3.63. The summed E-state index contributed by atoms with van der Waals surface area (Å²) in [4.78, 5) is 8.55. The minimum absolute atomic E-state index is 0.166. The van der Waals surface area contributed by atoms with Crippen molar-refractivity contribution in [3.63, 3.8) is 0 Å². The van der Waals surface area contributed by atoms with Gasteiger partial charge in [0.05, 0.1) is 16.3 Å². The summed E-state index contributed by atoms with van der Waals surface area (Å²) in [5, 5.41) is 9.88. The van der Waals surface area contributed by atoms with Gasteiger partial charge < -0.3 is 11.1 Å². The molecule has 0 atom stereocenters. The van der Waals surface area contributed by atoms with E-state index in [4.69, 9.17) is 22.6 Å². The number of guanidine groups is 1. The van der Waals surface area contributed by atoms with E-state index in [1.54, 1.807) is 60.9 Å². The van der Waals surface area contributed by atoms with Crippen molar-refractivity contribution in [1.29, 1.82) is 5.26 Å². The highest BCUT2D eigenvalue weighted by atomic mass is 35.5. The second-order valence-corrected chi connectivity index (χ2v) is 8.48. The molecule has 3 aromatic rings. The summed E-state index contributed by atoms with van der Waals surface area (Å²) in [5.74, 6) is 0.261. The van der Waals surface area contributed by atoms with E-state index in [9.17, 15) is 8.42 Å². The molecule has 7 nitrogen and oxygen atoms in total. The predicted molar refractivity (Wildman–Crippen MR) is 118 cm³/mol. The number of halogens is 1. The fraction of sp³-hybridized carbons (Fsp3) is 0.0952. The Kier molecular flexibility index (Phi) is 7.92. The van der Waals surface area contributed by atoms with Crippen molar-refractivity contribution < 1.29 is 8.42 Å². The van der Waals surface area contributed by atoms with Crippen molar-refractivity contribution in [3.8, 4) is 6.57 Å². The molecule has 9 heteroatoms. The SMILES string of the molecule is C#N.Cc1ccc(S(=O)(=O)c2ccc(CN=C(N)Nc3ccncc3)cc2)cc1Cl. The van der Waals surface area contributed by atoms with E-state index in [0.717, 1.165) is 16.8 Å². The van der Waals surface area contributed by atoms with Gasteiger partial charge in [-0.05, 0) is 54.4 Å². The zero-order valence-electron chi connectivity index (χ0n) is 16.2. The molecule has 30 heavy (non-hydrogen) atoms. The van der Waals surface area contributed by atoms with Crippen LogP contribution in [-0.2, 0) is 16.4 Å². The molecule has 0 aliphatic heterocycles. The van der Waals surface area contributed by atoms with Gasteiger partial charge in [-0.25, -0.2) is 18.7 Å². The van der Waals surface area contributed by atoms with Crippen molar-refractivity contribution >= 4 is 33.1 Å². The Morgan fingerprint density at radius 3 is 2.30 bits per heavy atom. The normalized spacial score (nSPS) is 11.3. The first kappa shape index (κ1) is 22.9. The van der Waals surface area contributed by atoms with Crippen LogP contribution in [0.25, 0.3) is 0 Å². The van der Waals surface area contributed by atoms with Crippen LogP contribution in [0.15, 0.2) is 81.8 Å². The molecule has 0 fully saturated rings. The average Bonchev–Trinajstić information content (AvgIpc) is 2.76. The smallest absolute Gasteiger partial charge is 0.206 e. The second-order valence-electron chi connectivity index (χ2n) is 6.12. The van der Waals surface area contributed by atoms with Crippen LogP contribution in [0.1, 0.15) is 11.1 Å². The summed E-state index contributed by atoms with van der Waals surface area (Å²) in [6, 6.07) is 14.8. The zero-order chi connectivity index (χ0) is 22.1. The van der Waals surface area contributed by atoms with Crippen LogP contribution in [0.2, 0.25) is 5.02 Å². The third-order valence-electron chi connectivity index (χ3n) is 4.07. The van der Waals surface area contributed by atoms with Crippen LogP contribution >= 0.6 is 11.6 Å². The molecule has 0 spiro atoms. The first-order chi connectivity index (χ1) is 14.4. The largest absolute Gasteiger partial charge is 0.370 e. The Bertz CT molecular complexity index is 1150. The molecule has 3 rings (SSSR count). The molecule has 1 aromatic heterocycles. The summed E-state index contributed by atoms with van der Waals surface area (Å²) in [6.45, 7) is 5.64. The molecule has 3 N–H and O–H groups in total. The zero-order valence-corrected chi connectivity index (χ0v) is 17.7. The average molecular weight is 442 g/mol. The van der Waals surface area contributed by atoms with Crippen molar-refractivity contribution in [3.05, 3.63) is 83.1 Å². The molecular formula is C21H20ClN5O2S. The van der Waals surface area contributed by atoms with Gasteiger partial charge in [0.1, 0.15) is 0 Å². The summed E-state index contributed by atoms with van der Waals surface area (Å²) < 4.78 is 25.5. The first-order valence-electron chi connectivity index (χ1n) is 8.69. The topological polar surface area (TPSA) is 121 Å². The maximum Gasteiger partial charge on any atom is 0.206 e. The van der Waals surface area contributed by atoms with E-state index >= 15 is 0 Å². The van der Waals surface area contributed by atoms with Gasteiger partial charge in [0.25, 0.3) is 0 Å². The van der Waals surface area contributed by atoms with Crippen LogP contribution in [0.3, 0.4) is 0 Å². The number of benzene rings is 2. The summed E-state index contributed by atoms with van der Waals surface area (Å²) in [7, 11) is -3.63. The fourth-order valence-electron chi connectivity index (χ4n) is 2.45. The van der Waals surface area contributed by atoms with E-state index in [1.807, 2.05) is 6.92 Å². The number of pyridine rings is 1. The predicted octanol–water partition coefficient (Wildman–Crippen LogP) is 3.94. The summed E-state index contributed by atoms with van der Waals surface area (Å²) in [6.07, 6.45) is 3.30. The number of nitriles is 1. The molecule has 0 saturated carbocycles. The maximum absolute atomic E-state index is 12.8. The molecule has 2 aromatic carbocycles. The monoisotopic (exact) mass is 441 g/mol. The van der Waals surface area contributed by atoms with Crippen molar-refractivity contribution in [1.82, 2.24) is 4.98 Å². The Balaban J connectivity index is 0.00000155. The Morgan fingerprint density at radius 1 is 1.10 bits per heavy atom.